The predicted octanol–water partition coefficient (Wildman–Crippen LogP) is 6.53. The number of hydrogen-bond acceptors (Lipinski definition) is 1. The third-order valence-electron chi connectivity index (χ3n) is 5.45. The number of nitrogens with zero attached hydrogens (tertiary/aromatic N) is 2. The molecule has 0 saturated carbocycles. The number of benzene rings is 4. The third kappa shape index (κ3) is 2.84. The van der Waals surface area contributed by atoms with Crippen LogP contribution in [0.4, 0.5) is 0 Å². The maximum atomic E-state index is 6.39. The number of aromatic nitrogens is 2. The summed E-state index contributed by atoms with van der Waals surface area (Å²) in [4.78, 5) is 4.71. The Morgan fingerprint density at radius 2 is 1.10 bits per heavy atom. The summed E-state index contributed by atoms with van der Waals surface area (Å²) in [5, 5.41) is 0.697. The lowest BCUT2D eigenvalue weighted by Crippen LogP contribution is -2.37. The maximum Gasteiger partial charge on any atom is 0.122 e. The summed E-state index contributed by atoms with van der Waals surface area (Å²) >= 11 is 6.39. The summed E-state index contributed by atoms with van der Waals surface area (Å²) < 4.78 is 2.24. The lowest BCUT2D eigenvalue weighted by Gasteiger charge is -2.38. The van der Waals surface area contributed by atoms with E-state index < -0.39 is 5.54 Å². The van der Waals surface area contributed by atoms with Gasteiger partial charge in [0.1, 0.15) is 5.54 Å². The highest BCUT2D eigenvalue weighted by atomic mass is 35.5. The monoisotopic (exact) mass is 394 g/mol. The Hall–Kier alpha value is -3.36. The topological polar surface area (TPSA) is 17.8 Å². The van der Waals surface area contributed by atoms with Gasteiger partial charge in [-0.05, 0) is 34.9 Å². The molecule has 0 aliphatic heterocycles. The van der Waals surface area contributed by atoms with Crippen LogP contribution in [-0.4, -0.2) is 9.55 Å². The highest BCUT2D eigenvalue weighted by molar-refractivity contribution is 6.31. The molecule has 0 saturated heterocycles. The lowest BCUT2D eigenvalue weighted by molar-refractivity contribution is 0.529. The van der Waals surface area contributed by atoms with Gasteiger partial charge < -0.3 is 4.57 Å². The number of fused-ring (bicyclic) bond motifs is 1. The molecule has 140 valence electrons. The van der Waals surface area contributed by atoms with E-state index in [9.17, 15) is 0 Å². The van der Waals surface area contributed by atoms with Crippen molar-refractivity contribution in [1.29, 1.82) is 0 Å². The summed E-state index contributed by atoms with van der Waals surface area (Å²) in [6, 6.07) is 37.6. The van der Waals surface area contributed by atoms with Gasteiger partial charge in [-0.2, -0.15) is 0 Å². The fourth-order valence-electron chi connectivity index (χ4n) is 4.20. The Morgan fingerprint density at radius 3 is 1.59 bits per heavy atom. The number of halogens is 1. The zero-order valence-corrected chi connectivity index (χ0v) is 16.5. The Morgan fingerprint density at radius 1 is 0.621 bits per heavy atom. The molecular weight excluding hydrogens is 376 g/mol. The molecule has 0 fully saturated rings. The van der Waals surface area contributed by atoms with Gasteiger partial charge in [0.05, 0.1) is 17.4 Å². The van der Waals surface area contributed by atoms with Gasteiger partial charge in [0, 0.05) is 5.02 Å². The van der Waals surface area contributed by atoms with Gasteiger partial charge in [0.2, 0.25) is 0 Å². The molecule has 5 aromatic rings. The SMILES string of the molecule is Clc1ccc2ncn(C(c3ccccc3)(c3ccccc3)c3ccccc3)c2c1. The summed E-state index contributed by atoms with van der Waals surface area (Å²) in [7, 11) is 0. The Bertz CT molecular complexity index is 1150. The molecule has 0 aliphatic rings. The van der Waals surface area contributed by atoms with Crippen LogP contribution in [0, 0.1) is 0 Å². The smallest absolute Gasteiger partial charge is 0.122 e. The van der Waals surface area contributed by atoms with Crippen molar-refractivity contribution < 1.29 is 0 Å². The largest absolute Gasteiger partial charge is 0.312 e. The van der Waals surface area contributed by atoms with Crippen molar-refractivity contribution in [3.05, 3.63) is 137 Å². The van der Waals surface area contributed by atoms with Crippen LogP contribution < -0.4 is 0 Å². The molecule has 5 rings (SSSR count). The van der Waals surface area contributed by atoms with E-state index in [4.69, 9.17) is 16.6 Å². The standard InChI is InChI=1S/C26H19ClN2/c27-23-16-17-24-25(18-23)29(19-28-24)26(20-10-4-1-5-11-20,21-12-6-2-7-13-21)22-14-8-3-9-15-22/h1-19H. The number of imidazole rings is 1. The van der Waals surface area contributed by atoms with Crippen molar-refractivity contribution in [2.45, 2.75) is 5.54 Å². The minimum atomic E-state index is -0.580. The third-order valence-corrected chi connectivity index (χ3v) is 5.68. The molecule has 0 bridgehead atoms. The van der Waals surface area contributed by atoms with Gasteiger partial charge >= 0.3 is 0 Å². The summed E-state index contributed by atoms with van der Waals surface area (Å²) in [6.45, 7) is 0. The molecule has 29 heavy (non-hydrogen) atoms. The molecule has 1 aromatic heterocycles. The van der Waals surface area contributed by atoms with Crippen molar-refractivity contribution >= 4 is 22.6 Å². The fourth-order valence-corrected chi connectivity index (χ4v) is 4.37. The molecule has 4 aromatic carbocycles. The normalized spacial score (nSPS) is 11.6. The van der Waals surface area contributed by atoms with Crippen molar-refractivity contribution in [3.63, 3.8) is 0 Å². The maximum absolute atomic E-state index is 6.39. The first-order chi connectivity index (χ1) is 14.3. The van der Waals surface area contributed by atoms with Crippen LogP contribution in [0.2, 0.25) is 5.02 Å². The highest BCUT2D eigenvalue weighted by Crippen LogP contribution is 2.42. The molecule has 0 aliphatic carbocycles. The Kier molecular flexibility index (Phi) is 4.42. The van der Waals surface area contributed by atoms with E-state index in [1.807, 2.05) is 42.7 Å². The minimum Gasteiger partial charge on any atom is -0.312 e. The van der Waals surface area contributed by atoms with Crippen LogP contribution in [0.25, 0.3) is 11.0 Å². The second-order valence-electron chi connectivity index (χ2n) is 7.06. The molecule has 0 amide bonds. The molecule has 2 nitrogen and oxygen atoms in total. The molecule has 1 heterocycles. The van der Waals surface area contributed by atoms with Gasteiger partial charge in [-0.25, -0.2) is 4.98 Å². The molecule has 3 heteroatoms. The van der Waals surface area contributed by atoms with Crippen LogP contribution >= 0.6 is 11.6 Å². The molecule has 0 N–H and O–H groups in total. The highest BCUT2D eigenvalue weighted by Gasteiger charge is 2.39. The van der Waals surface area contributed by atoms with Gasteiger partial charge in [0.25, 0.3) is 0 Å². The van der Waals surface area contributed by atoms with Crippen molar-refractivity contribution in [2.24, 2.45) is 0 Å². The average molecular weight is 395 g/mol. The van der Waals surface area contributed by atoms with Crippen LogP contribution in [0.5, 0.6) is 0 Å². The van der Waals surface area contributed by atoms with Crippen molar-refractivity contribution in [1.82, 2.24) is 9.55 Å². The van der Waals surface area contributed by atoms with Gasteiger partial charge in [0.15, 0.2) is 0 Å². The summed E-state index contributed by atoms with van der Waals surface area (Å²) in [6.07, 6.45) is 1.92. The first-order valence-electron chi connectivity index (χ1n) is 9.60. The zero-order valence-electron chi connectivity index (χ0n) is 15.7. The van der Waals surface area contributed by atoms with E-state index in [1.165, 1.54) is 0 Å². The van der Waals surface area contributed by atoms with E-state index in [1.54, 1.807) is 0 Å². The molecule has 0 atom stereocenters. The quantitative estimate of drug-likeness (QED) is 0.317. The second-order valence-corrected chi connectivity index (χ2v) is 7.49. The van der Waals surface area contributed by atoms with E-state index in [0.717, 1.165) is 27.7 Å². The average Bonchev–Trinajstić information content (AvgIpc) is 3.20. The van der Waals surface area contributed by atoms with E-state index in [2.05, 4.69) is 77.4 Å². The molecule has 0 spiro atoms. The van der Waals surface area contributed by atoms with E-state index in [0.29, 0.717) is 5.02 Å². The first kappa shape index (κ1) is 17.7. The minimum absolute atomic E-state index is 0.580. The Balaban J connectivity index is 1.97. The summed E-state index contributed by atoms with van der Waals surface area (Å²) in [5.41, 5.74) is 4.82. The number of hydrogen-bond donors (Lipinski definition) is 0. The van der Waals surface area contributed by atoms with Gasteiger partial charge in [-0.15, -0.1) is 0 Å². The first-order valence-corrected chi connectivity index (χ1v) is 9.97. The van der Waals surface area contributed by atoms with Gasteiger partial charge in [-0.1, -0.05) is 103 Å². The van der Waals surface area contributed by atoms with E-state index >= 15 is 0 Å². The van der Waals surface area contributed by atoms with Crippen molar-refractivity contribution in [2.75, 3.05) is 0 Å². The van der Waals surface area contributed by atoms with Crippen LogP contribution in [0.3, 0.4) is 0 Å². The van der Waals surface area contributed by atoms with E-state index in [-0.39, 0.29) is 0 Å². The second kappa shape index (κ2) is 7.23. The van der Waals surface area contributed by atoms with Crippen LogP contribution in [0.1, 0.15) is 16.7 Å². The molecule has 0 unspecified atom stereocenters. The van der Waals surface area contributed by atoms with Crippen molar-refractivity contribution in [3.8, 4) is 0 Å². The molecule has 0 radical (unpaired) electrons. The van der Waals surface area contributed by atoms with Crippen LogP contribution in [0.15, 0.2) is 116 Å². The predicted molar refractivity (Wildman–Crippen MR) is 119 cm³/mol. The number of rotatable bonds is 4. The summed E-state index contributed by atoms with van der Waals surface area (Å²) in [5.74, 6) is 0. The molecular formula is C26H19ClN2. The Labute approximate surface area is 175 Å². The zero-order chi connectivity index (χ0) is 19.7. The van der Waals surface area contributed by atoms with Crippen LogP contribution in [-0.2, 0) is 5.54 Å². The lowest BCUT2D eigenvalue weighted by atomic mass is 9.76. The van der Waals surface area contributed by atoms with Gasteiger partial charge in [-0.3, -0.25) is 0 Å². The fraction of sp³-hybridized carbons (Fsp3) is 0.0385.